The van der Waals surface area contributed by atoms with E-state index in [9.17, 15) is 4.79 Å². The molecule has 2 aromatic rings. The summed E-state index contributed by atoms with van der Waals surface area (Å²) in [6.45, 7) is 0. The van der Waals surface area contributed by atoms with Crippen LogP contribution < -0.4 is 9.75 Å². The molecule has 1 amide bonds. The highest BCUT2D eigenvalue weighted by atomic mass is 16.5. The Kier molecular flexibility index (Phi) is 3.21. The maximum Gasteiger partial charge on any atom is 0.253 e. The van der Waals surface area contributed by atoms with E-state index in [-0.39, 0.29) is 5.91 Å². The molecule has 0 saturated heterocycles. The van der Waals surface area contributed by atoms with Crippen LogP contribution in [0.1, 0.15) is 12.0 Å². The summed E-state index contributed by atoms with van der Waals surface area (Å²) in [5.41, 5.74) is 2.49. The normalized spacial score (nSPS) is 14.3. The molecular formula is C16H14N2O2. The number of hydrazone groups is 1. The zero-order valence-electron chi connectivity index (χ0n) is 11.1. The van der Waals surface area contributed by atoms with E-state index in [0.29, 0.717) is 12.2 Å². The molecule has 4 nitrogen and oxygen atoms in total. The number of hydrogen-bond donors (Lipinski definition) is 0. The Morgan fingerprint density at radius 3 is 2.65 bits per heavy atom. The lowest BCUT2D eigenvalue weighted by molar-refractivity contribution is -0.116. The van der Waals surface area contributed by atoms with Crippen molar-refractivity contribution < 1.29 is 9.53 Å². The summed E-state index contributed by atoms with van der Waals surface area (Å²) in [6, 6.07) is 17.1. The molecule has 0 saturated carbocycles. The highest BCUT2D eigenvalue weighted by Gasteiger charge is 2.26. The zero-order chi connectivity index (χ0) is 13.9. The number of carbonyl (C=O) groups is 1. The molecule has 0 fully saturated rings. The quantitative estimate of drug-likeness (QED) is 0.857. The number of hydrogen-bond acceptors (Lipinski definition) is 3. The van der Waals surface area contributed by atoms with Gasteiger partial charge in [-0.1, -0.05) is 36.4 Å². The topological polar surface area (TPSA) is 41.9 Å². The van der Waals surface area contributed by atoms with Crippen LogP contribution in [0.25, 0.3) is 0 Å². The zero-order valence-corrected chi connectivity index (χ0v) is 11.1. The Balaban J connectivity index is 1.94. The molecule has 0 spiro atoms. The summed E-state index contributed by atoms with van der Waals surface area (Å²) in [6.07, 6.45) is 0.321. The van der Waals surface area contributed by atoms with E-state index in [2.05, 4.69) is 5.10 Å². The predicted molar refractivity (Wildman–Crippen MR) is 78.1 cm³/mol. The van der Waals surface area contributed by atoms with Crippen molar-refractivity contribution in [2.24, 2.45) is 5.10 Å². The second kappa shape index (κ2) is 5.17. The summed E-state index contributed by atoms with van der Waals surface area (Å²) < 4.78 is 5.17. The van der Waals surface area contributed by atoms with Crippen molar-refractivity contribution in [1.29, 1.82) is 0 Å². The highest BCUT2D eigenvalue weighted by Crippen LogP contribution is 2.26. The van der Waals surface area contributed by atoms with Crippen molar-refractivity contribution in [2.45, 2.75) is 6.42 Å². The van der Waals surface area contributed by atoms with Gasteiger partial charge in [0.15, 0.2) is 0 Å². The third-order valence-electron chi connectivity index (χ3n) is 3.18. The molecule has 1 heterocycles. The van der Waals surface area contributed by atoms with Crippen LogP contribution in [-0.4, -0.2) is 18.7 Å². The number of anilines is 1. The highest BCUT2D eigenvalue weighted by molar-refractivity contribution is 6.19. The minimum absolute atomic E-state index is 0.0305. The van der Waals surface area contributed by atoms with Gasteiger partial charge < -0.3 is 4.74 Å². The van der Waals surface area contributed by atoms with Crippen LogP contribution in [0.15, 0.2) is 59.7 Å². The molecule has 0 aliphatic carbocycles. The van der Waals surface area contributed by atoms with Crippen molar-refractivity contribution in [3.63, 3.8) is 0 Å². The molecule has 1 aliphatic rings. The average Bonchev–Trinajstić information content (AvgIpc) is 2.90. The van der Waals surface area contributed by atoms with Gasteiger partial charge in [-0.2, -0.15) is 5.10 Å². The second-order valence-corrected chi connectivity index (χ2v) is 4.50. The van der Waals surface area contributed by atoms with Gasteiger partial charge in [0.1, 0.15) is 5.75 Å². The van der Waals surface area contributed by atoms with Crippen molar-refractivity contribution in [3.05, 3.63) is 60.2 Å². The summed E-state index contributed by atoms with van der Waals surface area (Å²) in [5, 5.41) is 5.87. The van der Waals surface area contributed by atoms with E-state index < -0.39 is 0 Å². The van der Waals surface area contributed by atoms with Gasteiger partial charge in [-0.3, -0.25) is 4.79 Å². The maximum atomic E-state index is 12.1. The van der Waals surface area contributed by atoms with Gasteiger partial charge in [0.25, 0.3) is 5.91 Å². The van der Waals surface area contributed by atoms with Crippen LogP contribution in [-0.2, 0) is 4.79 Å². The molecule has 100 valence electrons. The first kappa shape index (κ1) is 12.4. The van der Waals surface area contributed by atoms with Gasteiger partial charge in [0.05, 0.1) is 24.9 Å². The molecule has 20 heavy (non-hydrogen) atoms. The first-order valence-electron chi connectivity index (χ1n) is 6.38. The van der Waals surface area contributed by atoms with Crippen LogP contribution in [0.2, 0.25) is 0 Å². The molecule has 0 atom stereocenters. The van der Waals surface area contributed by atoms with Crippen molar-refractivity contribution in [1.82, 2.24) is 0 Å². The Labute approximate surface area is 117 Å². The van der Waals surface area contributed by atoms with Gasteiger partial charge in [-0.15, -0.1) is 0 Å². The van der Waals surface area contributed by atoms with Crippen LogP contribution in [0.3, 0.4) is 0 Å². The monoisotopic (exact) mass is 266 g/mol. The Morgan fingerprint density at radius 1 is 1.10 bits per heavy atom. The van der Waals surface area contributed by atoms with Gasteiger partial charge >= 0.3 is 0 Å². The molecule has 4 heteroatoms. The van der Waals surface area contributed by atoms with Crippen LogP contribution in [0, 0.1) is 0 Å². The summed E-state index contributed by atoms with van der Waals surface area (Å²) >= 11 is 0. The number of rotatable bonds is 3. The van der Waals surface area contributed by atoms with Crippen molar-refractivity contribution >= 4 is 17.3 Å². The molecule has 0 bridgehead atoms. The van der Waals surface area contributed by atoms with Crippen LogP contribution in [0.5, 0.6) is 5.75 Å². The average molecular weight is 266 g/mol. The van der Waals surface area contributed by atoms with E-state index in [1.807, 2.05) is 48.5 Å². The fourth-order valence-electron chi connectivity index (χ4n) is 2.16. The van der Waals surface area contributed by atoms with Gasteiger partial charge in [0, 0.05) is 6.07 Å². The minimum Gasteiger partial charge on any atom is -0.497 e. The second-order valence-electron chi connectivity index (χ2n) is 4.50. The molecule has 0 radical (unpaired) electrons. The van der Waals surface area contributed by atoms with Gasteiger partial charge in [-0.25, -0.2) is 5.01 Å². The molecule has 1 aliphatic heterocycles. The van der Waals surface area contributed by atoms with Crippen molar-refractivity contribution in [2.75, 3.05) is 12.1 Å². The third kappa shape index (κ3) is 2.28. The fraction of sp³-hybridized carbons (Fsp3) is 0.125. The smallest absolute Gasteiger partial charge is 0.253 e. The Morgan fingerprint density at radius 2 is 1.90 bits per heavy atom. The third-order valence-corrected chi connectivity index (χ3v) is 3.18. The lowest BCUT2D eigenvalue weighted by atomic mass is 10.1. The van der Waals surface area contributed by atoms with Gasteiger partial charge in [-0.05, 0) is 17.7 Å². The minimum atomic E-state index is -0.0305. The number of methoxy groups -OCH3 is 1. The molecule has 0 aromatic heterocycles. The number of benzene rings is 2. The number of nitrogens with zero attached hydrogens (tertiary/aromatic N) is 2. The van der Waals surface area contributed by atoms with E-state index in [1.165, 1.54) is 5.01 Å². The Hall–Kier alpha value is -2.62. The van der Waals surface area contributed by atoms with Gasteiger partial charge in [0.2, 0.25) is 0 Å². The van der Waals surface area contributed by atoms with E-state index in [4.69, 9.17) is 4.74 Å². The first-order chi connectivity index (χ1) is 9.78. The maximum absolute atomic E-state index is 12.1. The molecule has 2 aromatic carbocycles. The number of amides is 1. The fourth-order valence-corrected chi connectivity index (χ4v) is 2.16. The standard InChI is InChI=1S/C16H14N2O2/c1-20-14-9-5-8-13(10-14)18-16(19)11-15(17-18)12-6-3-2-4-7-12/h2-10H,11H2,1H3. The van der Waals surface area contributed by atoms with Crippen LogP contribution >= 0.6 is 0 Å². The molecular weight excluding hydrogens is 252 g/mol. The summed E-state index contributed by atoms with van der Waals surface area (Å²) in [7, 11) is 1.60. The molecule has 0 unspecified atom stereocenters. The predicted octanol–water partition coefficient (Wildman–Crippen LogP) is 2.84. The summed E-state index contributed by atoms with van der Waals surface area (Å²) in [5.74, 6) is 0.677. The van der Waals surface area contributed by atoms with E-state index in [1.54, 1.807) is 13.2 Å². The SMILES string of the molecule is COc1cccc(N2N=C(c3ccccc3)CC2=O)c1. The lowest BCUT2D eigenvalue weighted by Gasteiger charge is -2.12. The molecule has 3 rings (SSSR count). The van der Waals surface area contributed by atoms with E-state index >= 15 is 0 Å². The lowest BCUT2D eigenvalue weighted by Crippen LogP contribution is -2.19. The first-order valence-corrected chi connectivity index (χ1v) is 6.38. The largest absolute Gasteiger partial charge is 0.497 e. The number of ether oxygens (including phenoxy) is 1. The molecule has 0 N–H and O–H groups in total. The Bertz CT molecular complexity index is 665. The summed E-state index contributed by atoms with van der Waals surface area (Å²) in [4.78, 5) is 12.1. The van der Waals surface area contributed by atoms with Crippen molar-refractivity contribution in [3.8, 4) is 5.75 Å². The van der Waals surface area contributed by atoms with Crippen LogP contribution in [0.4, 0.5) is 5.69 Å². The van der Waals surface area contributed by atoms with E-state index in [0.717, 1.165) is 17.0 Å². The number of carbonyl (C=O) groups excluding carboxylic acids is 1.